The van der Waals surface area contributed by atoms with Gasteiger partial charge in [0.05, 0.1) is 5.41 Å². The Bertz CT molecular complexity index is 844. The molecule has 0 heterocycles. The van der Waals surface area contributed by atoms with Crippen molar-refractivity contribution in [1.82, 2.24) is 5.32 Å². The number of benzene rings is 1. The summed E-state index contributed by atoms with van der Waals surface area (Å²) in [5, 5.41) is 3.56. The molecule has 1 aromatic rings. The van der Waals surface area contributed by atoms with Gasteiger partial charge >= 0.3 is 0 Å². The Kier molecular flexibility index (Phi) is 4.83. The molecular formula is C28H38N2O. The summed E-state index contributed by atoms with van der Waals surface area (Å²) in [6.07, 6.45) is 15.7. The van der Waals surface area contributed by atoms with Crippen molar-refractivity contribution >= 4 is 5.91 Å². The van der Waals surface area contributed by atoms with Gasteiger partial charge in [0.25, 0.3) is 0 Å². The van der Waals surface area contributed by atoms with E-state index in [0.717, 1.165) is 44.6 Å². The first-order valence-corrected chi connectivity index (χ1v) is 12.9. The Morgan fingerprint density at radius 3 is 2.26 bits per heavy atom. The van der Waals surface area contributed by atoms with E-state index in [2.05, 4.69) is 41.7 Å². The lowest BCUT2D eigenvalue weighted by Crippen LogP contribution is -2.60. The molecule has 166 valence electrons. The number of carbonyl (C=O) groups excluding carboxylic acids is 1. The molecule has 3 heteroatoms. The van der Waals surface area contributed by atoms with Crippen LogP contribution in [-0.4, -0.2) is 18.5 Å². The Labute approximate surface area is 187 Å². The van der Waals surface area contributed by atoms with E-state index in [0.29, 0.717) is 29.7 Å². The van der Waals surface area contributed by atoms with E-state index in [1.54, 1.807) is 5.57 Å². The van der Waals surface area contributed by atoms with Crippen LogP contribution in [0.5, 0.6) is 0 Å². The average Bonchev–Trinajstić information content (AvgIpc) is 3.61. The third kappa shape index (κ3) is 3.48. The van der Waals surface area contributed by atoms with E-state index in [9.17, 15) is 4.79 Å². The summed E-state index contributed by atoms with van der Waals surface area (Å²) in [5.74, 6) is 3.09. The predicted octanol–water partition coefficient (Wildman–Crippen LogP) is 5.10. The molecule has 31 heavy (non-hydrogen) atoms. The summed E-state index contributed by atoms with van der Waals surface area (Å²) in [6, 6.07) is 11.5. The van der Waals surface area contributed by atoms with Gasteiger partial charge < -0.3 is 11.1 Å². The van der Waals surface area contributed by atoms with Crippen LogP contribution in [0.3, 0.4) is 0 Å². The molecule has 0 spiro atoms. The number of nitrogens with one attached hydrogen (secondary N) is 1. The first-order valence-electron chi connectivity index (χ1n) is 12.9. The van der Waals surface area contributed by atoms with Crippen molar-refractivity contribution in [3.05, 3.63) is 47.5 Å². The zero-order valence-corrected chi connectivity index (χ0v) is 18.8. The fraction of sp³-hybridized carbons (Fsp3) is 0.679. The summed E-state index contributed by atoms with van der Waals surface area (Å²) in [7, 11) is 0. The van der Waals surface area contributed by atoms with Gasteiger partial charge in [0.15, 0.2) is 0 Å². The lowest BCUT2D eigenvalue weighted by atomic mass is 9.41. The van der Waals surface area contributed by atoms with Crippen LogP contribution in [0.15, 0.2) is 42.0 Å². The normalized spacial score (nSPS) is 41.3. The molecule has 1 amide bonds. The van der Waals surface area contributed by atoms with Gasteiger partial charge in [-0.05, 0) is 112 Å². The quantitative estimate of drug-likeness (QED) is 0.653. The number of carbonyl (C=O) groups is 1. The Hall–Kier alpha value is -1.61. The Morgan fingerprint density at radius 2 is 1.65 bits per heavy atom. The van der Waals surface area contributed by atoms with Gasteiger partial charge in [-0.15, -0.1) is 0 Å². The molecule has 3 nitrogen and oxygen atoms in total. The second-order valence-corrected chi connectivity index (χ2v) is 11.7. The SMILES string of the molecule is NC[C@H]1CC[C@H](NC(=O)C23CC4CC(c5ccccc5)(CC(C2)C4=CC2CC2)C3)CC1. The van der Waals surface area contributed by atoms with Gasteiger partial charge in [-0.2, -0.15) is 0 Å². The number of allylic oxidation sites excluding steroid dienone is 2. The topological polar surface area (TPSA) is 55.1 Å². The van der Waals surface area contributed by atoms with Gasteiger partial charge in [-0.1, -0.05) is 42.0 Å². The molecule has 6 saturated carbocycles. The summed E-state index contributed by atoms with van der Waals surface area (Å²) in [6.45, 7) is 0.795. The molecule has 7 rings (SSSR count). The predicted molar refractivity (Wildman–Crippen MR) is 124 cm³/mol. The smallest absolute Gasteiger partial charge is 0.226 e. The fourth-order valence-corrected chi connectivity index (χ4v) is 8.02. The molecule has 6 aliphatic rings. The number of nitrogens with two attached hydrogens (primary N) is 1. The molecule has 0 aromatic heterocycles. The first kappa shape index (κ1) is 20.0. The van der Waals surface area contributed by atoms with E-state index in [1.165, 1.54) is 44.1 Å². The number of hydrogen-bond acceptors (Lipinski definition) is 2. The van der Waals surface area contributed by atoms with Crippen molar-refractivity contribution in [2.75, 3.05) is 6.54 Å². The average molecular weight is 419 g/mol. The van der Waals surface area contributed by atoms with E-state index >= 15 is 0 Å². The lowest BCUT2D eigenvalue weighted by molar-refractivity contribution is -0.145. The molecular weight excluding hydrogens is 380 g/mol. The van der Waals surface area contributed by atoms with Crippen LogP contribution >= 0.6 is 0 Å². The van der Waals surface area contributed by atoms with Gasteiger partial charge in [0, 0.05) is 6.04 Å². The lowest BCUT2D eigenvalue weighted by Gasteiger charge is -2.62. The molecule has 0 aliphatic heterocycles. The van der Waals surface area contributed by atoms with Crippen LogP contribution in [0, 0.1) is 29.1 Å². The van der Waals surface area contributed by atoms with Crippen molar-refractivity contribution in [2.24, 2.45) is 34.8 Å². The minimum Gasteiger partial charge on any atom is -0.353 e. The fourth-order valence-electron chi connectivity index (χ4n) is 8.02. The monoisotopic (exact) mass is 418 g/mol. The van der Waals surface area contributed by atoms with E-state index in [1.807, 2.05) is 0 Å². The minimum atomic E-state index is -0.159. The third-order valence-electron chi connectivity index (χ3n) is 9.60. The third-order valence-corrected chi connectivity index (χ3v) is 9.60. The molecule has 0 saturated heterocycles. The Balaban J connectivity index is 1.28. The number of hydrogen-bond donors (Lipinski definition) is 2. The maximum atomic E-state index is 13.9. The van der Waals surface area contributed by atoms with Crippen LogP contribution in [0.4, 0.5) is 0 Å². The van der Waals surface area contributed by atoms with Crippen LogP contribution < -0.4 is 11.1 Å². The largest absolute Gasteiger partial charge is 0.353 e. The maximum absolute atomic E-state index is 13.9. The van der Waals surface area contributed by atoms with Crippen molar-refractivity contribution < 1.29 is 4.79 Å². The highest BCUT2D eigenvalue weighted by atomic mass is 16.2. The standard InChI is InChI=1S/C28H38N2O/c29-17-20-8-10-24(11-9-20)30-26(31)28-15-21-13-27(18-28,23-4-2-1-3-5-23)14-22(16-28)25(21)12-19-6-7-19/h1-5,12,19-22,24H,6-11,13-18,29H2,(H,30,31)/t20-,21?,22?,24-,27?,28?. The van der Waals surface area contributed by atoms with Gasteiger partial charge in [0.2, 0.25) is 5.91 Å². The number of amides is 1. The van der Waals surface area contributed by atoms with E-state index in [4.69, 9.17) is 5.73 Å². The van der Waals surface area contributed by atoms with Crippen molar-refractivity contribution in [1.29, 1.82) is 0 Å². The number of rotatable bonds is 5. The van der Waals surface area contributed by atoms with Gasteiger partial charge in [0.1, 0.15) is 0 Å². The first-order chi connectivity index (χ1) is 15.1. The maximum Gasteiger partial charge on any atom is 0.226 e. The summed E-state index contributed by atoms with van der Waals surface area (Å²) in [5.41, 5.74) is 9.14. The van der Waals surface area contributed by atoms with E-state index in [-0.39, 0.29) is 10.8 Å². The summed E-state index contributed by atoms with van der Waals surface area (Å²) < 4.78 is 0. The second kappa shape index (κ2) is 7.47. The molecule has 1 aromatic carbocycles. The van der Waals surface area contributed by atoms with E-state index < -0.39 is 0 Å². The van der Waals surface area contributed by atoms with Crippen LogP contribution in [0.25, 0.3) is 0 Å². The van der Waals surface area contributed by atoms with Gasteiger partial charge in [-0.25, -0.2) is 0 Å². The zero-order chi connectivity index (χ0) is 21.1. The Morgan fingerprint density at radius 1 is 0.968 bits per heavy atom. The molecule has 0 radical (unpaired) electrons. The minimum absolute atomic E-state index is 0.159. The second-order valence-electron chi connectivity index (χ2n) is 11.7. The molecule has 2 unspecified atom stereocenters. The molecule has 4 bridgehead atoms. The molecule has 3 N–H and O–H groups in total. The molecule has 6 fully saturated rings. The summed E-state index contributed by atoms with van der Waals surface area (Å²) in [4.78, 5) is 13.9. The zero-order valence-electron chi connectivity index (χ0n) is 18.8. The van der Waals surface area contributed by atoms with Crippen molar-refractivity contribution in [3.8, 4) is 0 Å². The molecule has 6 aliphatic carbocycles. The van der Waals surface area contributed by atoms with Crippen LogP contribution in [0.1, 0.15) is 76.2 Å². The van der Waals surface area contributed by atoms with Gasteiger partial charge in [-0.3, -0.25) is 4.79 Å². The van der Waals surface area contributed by atoms with Crippen LogP contribution in [-0.2, 0) is 10.2 Å². The molecule has 2 atom stereocenters. The van der Waals surface area contributed by atoms with Crippen molar-refractivity contribution in [3.63, 3.8) is 0 Å². The highest BCUT2D eigenvalue weighted by Crippen LogP contribution is 2.67. The van der Waals surface area contributed by atoms with Crippen molar-refractivity contribution in [2.45, 2.75) is 82.1 Å². The highest BCUT2D eigenvalue weighted by molar-refractivity contribution is 5.84. The van der Waals surface area contributed by atoms with Crippen LogP contribution in [0.2, 0.25) is 0 Å². The summed E-state index contributed by atoms with van der Waals surface area (Å²) >= 11 is 0. The highest BCUT2D eigenvalue weighted by Gasteiger charge is 2.62.